The fraction of sp³-hybridized carbons (Fsp3) is 0.167. The summed E-state index contributed by atoms with van der Waals surface area (Å²) in [6.45, 7) is 0. The van der Waals surface area contributed by atoms with E-state index in [2.05, 4.69) is 29.6 Å². The first-order chi connectivity index (χ1) is 13.7. The Kier molecular flexibility index (Phi) is 4.54. The van der Waals surface area contributed by atoms with E-state index in [0.29, 0.717) is 21.9 Å². The van der Waals surface area contributed by atoms with E-state index in [0.717, 1.165) is 29.2 Å². The average Bonchev–Trinajstić information content (AvgIpc) is 3.19. The molecule has 0 amide bonds. The molecule has 0 saturated carbocycles. The van der Waals surface area contributed by atoms with E-state index in [1.165, 1.54) is 5.56 Å². The maximum absolute atomic E-state index is 6.53. The molecule has 0 fully saturated rings. The summed E-state index contributed by atoms with van der Waals surface area (Å²) >= 11 is 13.1. The standard InChI is InChI=1S/C24H19Cl2NO/c25-20-10-5-11-21(26)23(20)24-18-9-4-8-17(18)19-14-16(12-13-22(19)27-24)28-15-6-2-1-3-7-15/h1-8,10-14,17-18,24,27H,9H2/t17-,18+,24-/m1/s1. The van der Waals surface area contributed by atoms with Gasteiger partial charge in [0.2, 0.25) is 0 Å². The van der Waals surface area contributed by atoms with Crippen LogP contribution < -0.4 is 10.1 Å². The topological polar surface area (TPSA) is 21.3 Å². The number of rotatable bonds is 3. The summed E-state index contributed by atoms with van der Waals surface area (Å²) in [6, 6.07) is 21.9. The molecule has 3 atom stereocenters. The first-order valence-electron chi connectivity index (χ1n) is 9.44. The summed E-state index contributed by atoms with van der Waals surface area (Å²) in [4.78, 5) is 0. The number of hydrogen-bond donors (Lipinski definition) is 1. The third-order valence-corrected chi connectivity index (χ3v) is 6.28. The van der Waals surface area contributed by atoms with Gasteiger partial charge in [-0.05, 0) is 60.4 Å². The largest absolute Gasteiger partial charge is 0.457 e. The Labute approximate surface area is 174 Å². The quantitative estimate of drug-likeness (QED) is 0.450. The highest BCUT2D eigenvalue weighted by molar-refractivity contribution is 6.36. The van der Waals surface area contributed by atoms with Crippen molar-refractivity contribution >= 4 is 28.9 Å². The van der Waals surface area contributed by atoms with Crippen LogP contribution in [0.4, 0.5) is 5.69 Å². The Morgan fingerprint density at radius 2 is 1.64 bits per heavy atom. The first-order valence-corrected chi connectivity index (χ1v) is 10.2. The number of nitrogens with one attached hydrogen (secondary N) is 1. The Balaban J connectivity index is 1.52. The van der Waals surface area contributed by atoms with E-state index in [4.69, 9.17) is 27.9 Å². The zero-order valence-corrected chi connectivity index (χ0v) is 16.6. The van der Waals surface area contributed by atoms with Crippen molar-refractivity contribution in [2.24, 2.45) is 5.92 Å². The van der Waals surface area contributed by atoms with Gasteiger partial charge in [0.15, 0.2) is 0 Å². The fourth-order valence-corrected chi connectivity index (χ4v) is 4.99. The van der Waals surface area contributed by atoms with Crippen molar-refractivity contribution in [3.63, 3.8) is 0 Å². The normalized spacial score (nSPS) is 22.3. The second-order valence-electron chi connectivity index (χ2n) is 7.28. The van der Waals surface area contributed by atoms with Crippen molar-refractivity contribution in [3.8, 4) is 11.5 Å². The Hall–Kier alpha value is -2.42. The van der Waals surface area contributed by atoms with Gasteiger partial charge in [-0.3, -0.25) is 0 Å². The summed E-state index contributed by atoms with van der Waals surface area (Å²) in [5.41, 5.74) is 3.35. The van der Waals surface area contributed by atoms with Gasteiger partial charge in [0.05, 0.1) is 6.04 Å². The minimum absolute atomic E-state index is 0.0783. The van der Waals surface area contributed by atoms with E-state index in [9.17, 15) is 0 Å². The molecule has 0 saturated heterocycles. The number of halogens is 2. The minimum Gasteiger partial charge on any atom is -0.457 e. The highest BCUT2D eigenvalue weighted by Gasteiger charge is 2.39. The maximum atomic E-state index is 6.53. The van der Waals surface area contributed by atoms with Crippen LogP contribution in [0.1, 0.15) is 29.5 Å². The predicted octanol–water partition coefficient (Wildman–Crippen LogP) is 7.61. The van der Waals surface area contributed by atoms with Gasteiger partial charge in [0, 0.05) is 27.2 Å². The van der Waals surface area contributed by atoms with Crippen molar-refractivity contribution in [2.45, 2.75) is 18.4 Å². The lowest BCUT2D eigenvalue weighted by Crippen LogP contribution is -2.29. The SMILES string of the molecule is Clc1cccc(Cl)c1[C@@H]1Nc2ccc(Oc3ccccc3)cc2[C@@H]2C=CC[C@@H]21. The summed E-state index contributed by atoms with van der Waals surface area (Å²) in [6.07, 6.45) is 5.55. The van der Waals surface area contributed by atoms with Gasteiger partial charge in [-0.25, -0.2) is 0 Å². The first kappa shape index (κ1) is 17.7. The van der Waals surface area contributed by atoms with Crippen LogP contribution in [0.2, 0.25) is 10.0 Å². The van der Waals surface area contributed by atoms with Gasteiger partial charge in [0.1, 0.15) is 11.5 Å². The lowest BCUT2D eigenvalue weighted by molar-refractivity contribution is 0.422. The maximum Gasteiger partial charge on any atom is 0.127 e. The van der Waals surface area contributed by atoms with Crippen LogP contribution in [-0.4, -0.2) is 0 Å². The molecule has 5 rings (SSSR count). The van der Waals surface area contributed by atoms with Gasteiger partial charge in [0.25, 0.3) is 0 Å². The summed E-state index contributed by atoms with van der Waals surface area (Å²) in [5.74, 6) is 2.37. The molecule has 1 aliphatic heterocycles. The molecule has 1 aliphatic carbocycles. The molecule has 0 spiro atoms. The summed E-state index contributed by atoms with van der Waals surface area (Å²) in [5, 5.41) is 5.12. The molecule has 28 heavy (non-hydrogen) atoms. The van der Waals surface area contributed by atoms with Crippen LogP contribution in [0.25, 0.3) is 0 Å². The van der Waals surface area contributed by atoms with Gasteiger partial charge in [-0.1, -0.05) is 59.6 Å². The number of para-hydroxylation sites is 1. The second-order valence-corrected chi connectivity index (χ2v) is 8.09. The van der Waals surface area contributed by atoms with Crippen LogP contribution in [0.3, 0.4) is 0 Å². The monoisotopic (exact) mass is 407 g/mol. The highest BCUT2D eigenvalue weighted by atomic mass is 35.5. The summed E-state index contributed by atoms with van der Waals surface area (Å²) < 4.78 is 6.05. The van der Waals surface area contributed by atoms with E-state index in [-0.39, 0.29) is 6.04 Å². The van der Waals surface area contributed by atoms with Crippen molar-refractivity contribution in [1.29, 1.82) is 0 Å². The van der Waals surface area contributed by atoms with Crippen LogP contribution in [-0.2, 0) is 0 Å². The molecule has 3 aromatic rings. The molecule has 2 nitrogen and oxygen atoms in total. The third-order valence-electron chi connectivity index (χ3n) is 5.62. The van der Waals surface area contributed by atoms with E-state index in [1.807, 2.05) is 54.6 Å². The number of allylic oxidation sites excluding steroid dienone is 2. The molecule has 140 valence electrons. The lowest BCUT2D eigenvalue weighted by Gasteiger charge is -2.38. The zero-order chi connectivity index (χ0) is 19.1. The van der Waals surface area contributed by atoms with Crippen LogP contribution in [0.5, 0.6) is 11.5 Å². The Morgan fingerprint density at radius 1 is 0.857 bits per heavy atom. The number of benzene rings is 3. The number of anilines is 1. The molecule has 0 aromatic heterocycles. The van der Waals surface area contributed by atoms with Crippen LogP contribution in [0.15, 0.2) is 78.9 Å². The van der Waals surface area contributed by atoms with Gasteiger partial charge < -0.3 is 10.1 Å². The Morgan fingerprint density at radius 3 is 2.43 bits per heavy atom. The van der Waals surface area contributed by atoms with Crippen molar-refractivity contribution in [1.82, 2.24) is 0 Å². The van der Waals surface area contributed by atoms with E-state index < -0.39 is 0 Å². The van der Waals surface area contributed by atoms with Crippen molar-refractivity contribution in [3.05, 3.63) is 100 Å². The second kappa shape index (κ2) is 7.20. The smallest absolute Gasteiger partial charge is 0.127 e. The predicted molar refractivity (Wildman–Crippen MR) is 116 cm³/mol. The molecule has 2 aliphatic rings. The molecular weight excluding hydrogens is 389 g/mol. The molecule has 3 aromatic carbocycles. The molecule has 0 unspecified atom stereocenters. The van der Waals surface area contributed by atoms with E-state index >= 15 is 0 Å². The van der Waals surface area contributed by atoms with Crippen LogP contribution in [0, 0.1) is 5.92 Å². The zero-order valence-electron chi connectivity index (χ0n) is 15.1. The molecule has 0 bridgehead atoms. The molecule has 0 radical (unpaired) electrons. The number of ether oxygens (including phenoxy) is 1. The molecule has 4 heteroatoms. The fourth-order valence-electron chi connectivity index (χ4n) is 4.35. The third kappa shape index (κ3) is 3.07. The average molecular weight is 408 g/mol. The van der Waals surface area contributed by atoms with Gasteiger partial charge in [-0.15, -0.1) is 0 Å². The molecular formula is C24H19Cl2NO. The molecule has 1 N–H and O–H groups in total. The van der Waals surface area contributed by atoms with Gasteiger partial charge >= 0.3 is 0 Å². The molecule has 1 heterocycles. The number of fused-ring (bicyclic) bond motifs is 3. The van der Waals surface area contributed by atoms with Gasteiger partial charge in [-0.2, -0.15) is 0 Å². The van der Waals surface area contributed by atoms with Crippen molar-refractivity contribution < 1.29 is 4.74 Å². The Bertz CT molecular complexity index is 1030. The number of hydrogen-bond acceptors (Lipinski definition) is 2. The highest BCUT2D eigenvalue weighted by Crippen LogP contribution is 2.52. The van der Waals surface area contributed by atoms with Crippen LogP contribution >= 0.6 is 23.2 Å². The summed E-state index contributed by atoms with van der Waals surface area (Å²) in [7, 11) is 0. The van der Waals surface area contributed by atoms with E-state index in [1.54, 1.807) is 0 Å². The minimum atomic E-state index is 0.0783. The van der Waals surface area contributed by atoms with Crippen molar-refractivity contribution in [2.75, 3.05) is 5.32 Å². The lowest BCUT2D eigenvalue weighted by atomic mass is 9.77.